The van der Waals surface area contributed by atoms with Crippen LogP contribution in [0.1, 0.15) is 29.0 Å². The third kappa shape index (κ3) is 3.77. The van der Waals surface area contributed by atoms with Crippen LogP contribution in [0.2, 0.25) is 0 Å². The van der Waals surface area contributed by atoms with E-state index in [4.69, 9.17) is 4.42 Å². The minimum Gasteiger partial charge on any atom is -0.463 e. The molecular formula is C17H16N4O5. The molecule has 1 N–H and O–H groups in total. The number of hydrogen-bond donors (Lipinski definition) is 1. The molecule has 0 bridgehead atoms. The van der Waals surface area contributed by atoms with E-state index in [-0.39, 0.29) is 17.5 Å². The van der Waals surface area contributed by atoms with Crippen LogP contribution in [0.3, 0.4) is 0 Å². The molecule has 3 rings (SSSR count). The summed E-state index contributed by atoms with van der Waals surface area (Å²) in [6.07, 6.45) is 4.08. The van der Waals surface area contributed by atoms with Crippen LogP contribution in [0.4, 0.5) is 5.69 Å². The first kappa shape index (κ1) is 17.3. The number of nitrogens with zero attached hydrogens (tertiary/aromatic N) is 3. The fourth-order valence-electron chi connectivity index (χ4n) is 2.77. The lowest BCUT2D eigenvalue weighted by Gasteiger charge is -2.23. The monoisotopic (exact) mass is 356 g/mol. The fourth-order valence-corrected chi connectivity index (χ4v) is 2.77. The molecule has 2 amide bonds. The van der Waals surface area contributed by atoms with Crippen molar-refractivity contribution < 1.29 is 18.9 Å². The van der Waals surface area contributed by atoms with Gasteiger partial charge < -0.3 is 9.32 Å². The topological polar surface area (TPSA) is 118 Å². The average Bonchev–Trinajstić information content (AvgIpc) is 3.33. The Morgan fingerprint density at radius 2 is 2.08 bits per heavy atom. The second kappa shape index (κ2) is 7.60. The number of rotatable bonds is 5. The Labute approximate surface area is 148 Å². The fraction of sp³-hybridized carbons (Fsp3) is 0.235. The van der Waals surface area contributed by atoms with Gasteiger partial charge in [-0.1, -0.05) is 0 Å². The van der Waals surface area contributed by atoms with Crippen LogP contribution in [-0.2, 0) is 4.79 Å². The van der Waals surface area contributed by atoms with E-state index in [1.165, 1.54) is 41.6 Å². The van der Waals surface area contributed by atoms with Gasteiger partial charge in [0.25, 0.3) is 17.5 Å². The molecule has 1 fully saturated rings. The quantitative estimate of drug-likeness (QED) is 0.499. The first-order valence-electron chi connectivity index (χ1n) is 7.98. The normalized spacial score (nSPS) is 16.8. The molecule has 2 aromatic rings. The van der Waals surface area contributed by atoms with Gasteiger partial charge in [-0.3, -0.25) is 19.7 Å². The molecule has 1 aliphatic rings. The van der Waals surface area contributed by atoms with Crippen molar-refractivity contribution in [3.63, 3.8) is 0 Å². The van der Waals surface area contributed by atoms with E-state index < -0.39 is 11.0 Å². The van der Waals surface area contributed by atoms with E-state index in [1.807, 2.05) is 0 Å². The lowest BCUT2D eigenvalue weighted by Crippen LogP contribution is -2.44. The Morgan fingerprint density at radius 1 is 1.31 bits per heavy atom. The van der Waals surface area contributed by atoms with Crippen molar-refractivity contribution >= 4 is 23.7 Å². The molecule has 0 aliphatic carbocycles. The van der Waals surface area contributed by atoms with Gasteiger partial charge in [-0.15, -0.1) is 0 Å². The molecule has 0 unspecified atom stereocenters. The zero-order chi connectivity index (χ0) is 18.5. The summed E-state index contributed by atoms with van der Waals surface area (Å²) in [5, 5.41) is 14.5. The molecule has 1 aromatic heterocycles. The molecule has 134 valence electrons. The molecule has 1 atom stereocenters. The molecular weight excluding hydrogens is 340 g/mol. The average molecular weight is 356 g/mol. The molecule has 2 heterocycles. The van der Waals surface area contributed by atoms with Crippen molar-refractivity contribution in [1.82, 2.24) is 10.3 Å². The highest BCUT2D eigenvalue weighted by atomic mass is 16.6. The van der Waals surface area contributed by atoms with Crippen molar-refractivity contribution in [2.24, 2.45) is 5.10 Å². The minimum absolute atomic E-state index is 0.0930. The van der Waals surface area contributed by atoms with E-state index in [0.29, 0.717) is 30.7 Å². The van der Waals surface area contributed by atoms with E-state index in [9.17, 15) is 19.7 Å². The maximum atomic E-state index is 12.6. The molecule has 26 heavy (non-hydrogen) atoms. The van der Waals surface area contributed by atoms with Gasteiger partial charge in [-0.2, -0.15) is 5.10 Å². The van der Waals surface area contributed by atoms with Crippen molar-refractivity contribution in [2.45, 2.75) is 18.9 Å². The van der Waals surface area contributed by atoms with Crippen LogP contribution in [0, 0.1) is 10.1 Å². The number of carbonyl (C=O) groups is 2. The van der Waals surface area contributed by atoms with Crippen molar-refractivity contribution in [1.29, 1.82) is 0 Å². The lowest BCUT2D eigenvalue weighted by molar-refractivity contribution is -0.384. The number of nitrogens with one attached hydrogen (secondary N) is 1. The molecule has 0 saturated carbocycles. The summed E-state index contributed by atoms with van der Waals surface area (Å²) in [5.41, 5.74) is 2.62. The van der Waals surface area contributed by atoms with Gasteiger partial charge in [0.1, 0.15) is 11.8 Å². The predicted octanol–water partition coefficient (Wildman–Crippen LogP) is 1.94. The Morgan fingerprint density at radius 3 is 2.73 bits per heavy atom. The van der Waals surface area contributed by atoms with Gasteiger partial charge in [0.2, 0.25) is 0 Å². The summed E-state index contributed by atoms with van der Waals surface area (Å²) in [7, 11) is 0. The number of hydrogen-bond acceptors (Lipinski definition) is 6. The number of nitro benzene ring substituents is 1. The van der Waals surface area contributed by atoms with Gasteiger partial charge in [-0.25, -0.2) is 5.43 Å². The van der Waals surface area contributed by atoms with Crippen LogP contribution in [0.5, 0.6) is 0 Å². The largest absolute Gasteiger partial charge is 0.463 e. The van der Waals surface area contributed by atoms with Gasteiger partial charge in [0.05, 0.1) is 17.4 Å². The molecule has 1 aromatic carbocycles. The standard InChI is InChI=1S/C17H16N4O5/c22-16(19-18-11-14-3-2-10-26-14)15-4-1-9-20(15)17(23)12-5-7-13(8-6-12)21(24)25/h2-3,5-8,10-11,15H,1,4,9H2,(H,19,22)/t15-/m1/s1. The summed E-state index contributed by atoms with van der Waals surface area (Å²) < 4.78 is 5.07. The minimum atomic E-state index is -0.633. The molecule has 1 saturated heterocycles. The lowest BCUT2D eigenvalue weighted by atomic mass is 10.1. The smallest absolute Gasteiger partial charge is 0.269 e. The first-order valence-corrected chi connectivity index (χ1v) is 7.98. The number of nitro groups is 1. The van der Waals surface area contributed by atoms with E-state index >= 15 is 0 Å². The Bertz CT molecular complexity index is 829. The Kier molecular flexibility index (Phi) is 5.07. The highest BCUT2D eigenvalue weighted by Crippen LogP contribution is 2.21. The van der Waals surface area contributed by atoms with Crippen molar-refractivity contribution in [3.8, 4) is 0 Å². The van der Waals surface area contributed by atoms with Gasteiger partial charge >= 0.3 is 0 Å². The molecule has 9 nitrogen and oxygen atoms in total. The highest BCUT2D eigenvalue weighted by Gasteiger charge is 2.34. The van der Waals surface area contributed by atoms with Crippen LogP contribution < -0.4 is 5.43 Å². The SMILES string of the molecule is O=C(NN=Cc1ccco1)[C@H]1CCCN1C(=O)c1ccc([N+](=O)[O-])cc1. The number of carbonyl (C=O) groups excluding carboxylic acids is 2. The summed E-state index contributed by atoms with van der Waals surface area (Å²) in [5.74, 6) is -0.233. The number of non-ortho nitro benzene ring substituents is 1. The predicted molar refractivity (Wildman–Crippen MR) is 91.6 cm³/mol. The third-order valence-electron chi connectivity index (χ3n) is 4.05. The number of hydrazone groups is 1. The van der Waals surface area contributed by atoms with Crippen molar-refractivity contribution in [2.75, 3.05) is 6.54 Å². The zero-order valence-corrected chi connectivity index (χ0v) is 13.7. The van der Waals surface area contributed by atoms with Gasteiger partial charge in [-0.05, 0) is 37.1 Å². The molecule has 0 spiro atoms. The van der Waals surface area contributed by atoms with E-state index in [1.54, 1.807) is 12.1 Å². The second-order valence-electron chi connectivity index (χ2n) is 5.71. The number of furan rings is 1. The van der Waals surface area contributed by atoms with Crippen LogP contribution >= 0.6 is 0 Å². The Hall–Kier alpha value is -3.49. The second-order valence-corrected chi connectivity index (χ2v) is 5.71. The van der Waals surface area contributed by atoms with Crippen LogP contribution in [0.15, 0.2) is 52.2 Å². The van der Waals surface area contributed by atoms with E-state index in [2.05, 4.69) is 10.5 Å². The molecule has 0 radical (unpaired) electrons. The highest BCUT2D eigenvalue weighted by molar-refractivity contribution is 5.98. The molecule has 1 aliphatic heterocycles. The summed E-state index contributed by atoms with van der Waals surface area (Å²) in [4.78, 5) is 36.6. The van der Waals surface area contributed by atoms with Crippen molar-refractivity contribution in [3.05, 3.63) is 64.1 Å². The Balaban J connectivity index is 1.65. The zero-order valence-electron chi connectivity index (χ0n) is 13.7. The van der Waals surface area contributed by atoms with Crippen LogP contribution in [-0.4, -0.2) is 40.4 Å². The maximum absolute atomic E-state index is 12.6. The van der Waals surface area contributed by atoms with Gasteiger partial charge in [0.15, 0.2) is 0 Å². The number of amides is 2. The number of benzene rings is 1. The van der Waals surface area contributed by atoms with Gasteiger partial charge in [0, 0.05) is 24.2 Å². The number of likely N-dealkylation sites (tertiary alicyclic amines) is 1. The molecule has 9 heteroatoms. The van der Waals surface area contributed by atoms with Crippen LogP contribution in [0.25, 0.3) is 0 Å². The van der Waals surface area contributed by atoms with E-state index in [0.717, 1.165) is 0 Å². The first-order chi connectivity index (χ1) is 12.6. The summed E-state index contributed by atoms with van der Waals surface area (Å²) in [6.45, 7) is 0.440. The summed E-state index contributed by atoms with van der Waals surface area (Å²) in [6, 6.07) is 8.08. The summed E-state index contributed by atoms with van der Waals surface area (Å²) >= 11 is 0. The third-order valence-corrected chi connectivity index (χ3v) is 4.05. The maximum Gasteiger partial charge on any atom is 0.269 e.